The van der Waals surface area contributed by atoms with Crippen molar-refractivity contribution in [3.05, 3.63) is 94.6 Å². The number of methoxy groups -OCH3 is 2. The van der Waals surface area contributed by atoms with Crippen LogP contribution in [0.1, 0.15) is 56.0 Å². The molecule has 0 aromatic heterocycles. The number of carbonyl (C=O) groups is 3. The van der Waals surface area contributed by atoms with E-state index in [1.54, 1.807) is 73.8 Å². The van der Waals surface area contributed by atoms with Crippen LogP contribution in [0.5, 0.6) is 11.5 Å². The lowest BCUT2D eigenvalue weighted by molar-refractivity contribution is -0.139. The van der Waals surface area contributed by atoms with Crippen LogP contribution < -0.4 is 14.4 Å². The number of amides is 1. The largest absolute Gasteiger partial charge is 0.507 e. The fourth-order valence-corrected chi connectivity index (χ4v) is 4.91. The minimum absolute atomic E-state index is 0.0252. The average Bonchev–Trinajstić information content (AvgIpc) is 3.22. The SMILES string of the molecule is CCOc1ccc(/C(O)=C2/C(=O)C(=O)N(c3ccc(CC(=O)OC)cc3)C2c2ccc(OC)cc2)cc1C(C)(C)C. The summed E-state index contributed by atoms with van der Waals surface area (Å²) < 4.78 is 15.9. The molecule has 0 saturated carbocycles. The summed E-state index contributed by atoms with van der Waals surface area (Å²) >= 11 is 0. The Balaban J connectivity index is 1.88. The highest BCUT2D eigenvalue weighted by Crippen LogP contribution is 2.43. The Kier molecular flexibility index (Phi) is 8.52. The molecule has 8 nitrogen and oxygen atoms in total. The Morgan fingerprint density at radius 1 is 0.951 bits per heavy atom. The molecule has 1 aliphatic heterocycles. The molecule has 1 amide bonds. The molecule has 1 saturated heterocycles. The normalized spacial score (nSPS) is 16.5. The van der Waals surface area contributed by atoms with Crippen LogP contribution in [0.25, 0.3) is 5.76 Å². The molecule has 1 fully saturated rings. The molecule has 1 aliphatic rings. The van der Waals surface area contributed by atoms with E-state index in [2.05, 4.69) is 0 Å². The monoisotopic (exact) mass is 557 g/mol. The van der Waals surface area contributed by atoms with Crippen molar-refractivity contribution in [1.29, 1.82) is 0 Å². The molecule has 1 N–H and O–H groups in total. The van der Waals surface area contributed by atoms with Crippen LogP contribution >= 0.6 is 0 Å². The average molecular weight is 558 g/mol. The minimum Gasteiger partial charge on any atom is -0.507 e. The van der Waals surface area contributed by atoms with E-state index in [1.165, 1.54) is 12.0 Å². The fraction of sp³-hybridized carbons (Fsp3) is 0.303. The summed E-state index contributed by atoms with van der Waals surface area (Å²) in [5.41, 5.74) is 2.69. The van der Waals surface area contributed by atoms with Crippen LogP contribution in [-0.2, 0) is 31.0 Å². The molecular weight excluding hydrogens is 522 g/mol. The van der Waals surface area contributed by atoms with Crippen LogP contribution in [0.3, 0.4) is 0 Å². The molecule has 1 unspecified atom stereocenters. The Morgan fingerprint density at radius 2 is 1.61 bits per heavy atom. The number of aliphatic hydroxyl groups excluding tert-OH is 1. The zero-order chi connectivity index (χ0) is 29.9. The lowest BCUT2D eigenvalue weighted by atomic mass is 9.84. The van der Waals surface area contributed by atoms with E-state index in [-0.39, 0.29) is 29.1 Å². The van der Waals surface area contributed by atoms with Gasteiger partial charge in [0, 0.05) is 16.8 Å². The smallest absolute Gasteiger partial charge is 0.309 e. The standard InChI is InChI=1S/C33H35NO7/c1-7-41-26-17-12-22(19-25(26)33(2,3)4)30(36)28-29(21-10-15-24(39-5)16-11-21)34(32(38)31(28)37)23-13-8-20(9-14-23)18-27(35)40-6/h8-17,19,29,36H,7,18H2,1-6H3/b30-28-. The summed E-state index contributed by atoms with van der Waals surface area (Å²) in [6, 6.07) is 18.1. The van der Waals surface area contributed by atoms with Gasteiger partial charge in [-0.15, -0.1) is 0 Å². The van der Waals surface area contributed by atoms with E-state index < -0.39 is 17.7 Å². The maximum absolute atomic E-state index is 13.6. The van der Waals surface area contributed by atoms with Crippen molar-refractivity contribution >= 4 is 29.1 Å². The third-order valence-electron chi connectivity index (χ3n) is 7.03. The third-order valence-corrected chi connectivity index (χ3v) is 7.03. The van der Waals surface area contributed by atoms with Crippen LogP contribution in [0.4, 0.5) is 5.69 Å². The number of rotatable bonds is 8. The number of ketones is 1. The minimum atomic E-state index is -0.906. The molecule has 0 bridgehead atoms. The number of nitrogens with zero attached hydrogens (tertiary/aromatic N) is 1. The number of hydrogen-bond donors (Lipinski definition) is 1. The van der Waals surface area contributed by atoms with Crippen molar-refractivity contribution in [2.75, 3.05) is 25.7 Å². The van der Waals surface area contributed by atoms with Crippen LogP contribution in [0.15, 0.2) is 72.3 Å². The summed E-state index contributed by atoms with van der Waals surface area (Å²) in [7, 11) is 2.87. The topological polar surface area (TPSA) is 102 Å². The first-order valence-electron chi connectivity index (χ1n) is 13.4. The van der Waals surface area contributed by atoms with Crippen LogP contribution in [-0.4, -0.2) is 43.6 Å². The van der Waals surface area contributed by atoms with Crippen molar-refractivity contribution in [3.8, 4) is 11.5 Å². The number of aliphatic hydroxyl groups is 1. The number of Topliss-reactive ketones (excluding diaryl/α,β-unsaturated/α-hetero) is 1. The maximum atomic E-state index is 13.6. The molecular formula is C33H35NO7. The molecule has 214 valence electrons. The van der Waals surface area contributed by atoms with E-state index in [4.69, 9.17) is 14.2 Å². The van der Waals surface area contributed by atoms with Crippen molar-refractivity contribution in [1.82, 2.24) is 0 Å². The summed E-state index contributed by atoms with van der Waals surface area (Å²) in [6.07, 6.45) is 0.0748. The van der Waals surface area contributed by atoms with Crippen molar-refractivity contribution in [3.63, 3.8) is 0 Å². The van der Waals surface area contributed by atoms with Gasteiger partial charge in [-0.1, -0.05) is 45.0 Å². The Bertz CT molecular complexity index is 1480. The third kappa shape index (κ3) is 5.96. The van der Waals surface area contributed by atoms with Gasteiger partial charge in [0.1, 0.15) is 17.3 Å². The van der Waals surface area contributed by atoms with Gasteiger partial charge in [0.05, 0.1) is 38.9 Å². The van der Waals surface area contributed by atoms with Crippen molar-refractivity contribution in [2.24, 2.45) is 0 Å². The number of carbonyl (C=O) groups excluding carboxylic acids is 3. The first-order chi connectivity index (χ1) is 19.5. The van der Waals surface area contributed by atoms with Gasteiger partial charge < -0.3 is 19.3 Å². The molecule has 4 rings (SSSR count). The van der Waals surface area contributed by atoms with E-state index in [0.29, 0.717) is 40.5 Å². The zero-order valence-electron chi connectivity index (χ0n) is 24.2. The summed E-state index contributed by atoms with van der Waals surface area (Å²) in [4.78, 5) is 40.2. The van der Waals surface area contributed by atoms with Crippen LogP contribution in [0, 0.1) is 0 Å². The summed E-state index contributed by atoms with van der Waals surface area (Å²) in [5, 5.41) is 11.7. The van der Waals surface area contributed by atoms with E-state index in [9.17, 15) is 19.5 Å². The van der Waals surface area contributed by atoms with Gasteiger partial charge in [-0.3, -0.25) is 19.3 Å². The molecule has 8 heteroatoms. The van der Waals surface area contributed by atoms with E-state index in [0.717, 1.165) is 5.56 Å². The van der Waals surface area contributed by atoms with Gasteiger partial charge in [0.25, 0.3) is 11.7 Å². The number of ether oxygens (including phenoxy) is 3. The second kappa shape index (κ2) is 11.9. The zero-order valence-corrected chi connectivity index (χ0v) is 24.2. The summed E-state index contributed by atoms with van der Waals surface area (Å²) in [5.74, 6) is -0.929. The Labute approximate surface area is 240 Å². The number of hydrogen-bond acceptors (Lipinski definition) is 7. The van der Waals surface area contributed by atoms with Crippen molar-refractivity contribution in [2.45, 2.75) is 45.6 Å². The van der Waals surface area contributed by atoms with Gasteiger partial charge in [0.2, 0.25) is 0 Å². The molecule has 41 heavy (non-hydrogen) atoms. The maximum Gasteiger partial charge on any atom is 0.309 e. The second-order valence-electron chi connectivity index (χ2n) is 10.8. The van der Waals surface area contributed by atoms with Gasteiger partial charge in [0.15, 0.2) is 0 Å². The summed E-state index contributed by atoms with van der Waals surface area (Å²) in [6.45, 7) is 8.49. The second-order valence-corrected chi connectivity index (χ2v) is 10.8. The molecule has 1 atom stereocenters. The molecule has 0 radical (unpaired) electrons. The number of anilines is 1. The van der Waals surface area contributed by atoms with E-state index in [1.807, 2.05) is 27.7 Å². The lowest BCUT2D eigenvalue weighted by Gasteiger charge is -2.26. The van der Waals surface area contributed by atoms with E-state index >= 15 is 0 Å². The molecule has 3 aromatic rings. The quantitative estimate of drug-likeness (QED) is 0.163. The highest BCUT2D eigenvalue weighted by molar-refractivity contribution is 6.51. The highest BCUT2D eigenvalue weighted by atomic mass is 16.5. The number of esters is 1. The fourth-order valence-electron chi connectivity index (χ4n) is 4.91. The van der Waals surface area contributed by atoms with Gasteiger partial charge in [-0.2, -0.15) is 0 Å². The predicted molar refractivity (Wildman–Crippen MR) is 156 cm³/mol. The molecule has 1 heterocycles. The number of benzene rings is 3. The molecule has 0 aliphatic carbocycles. The highest BCUT2D eigenvalue weighted by Gasteiger charge is 2.47. The van der Waals surface area contributed by atoms with Crippen LogP contribution in [0.2, 0.25) is 0 Å². The van der Waals surface area contributed by atoms with Crippen molar-refractivity contribution < 1.29 is 33.7 Å². The van der Waals surface area contributed by atoms with Gasteiger partial charge >= 0.3 is 5.97 Å². The molecule has 3 aromatic carbocycles. The van der Waals surface area contributed by atoms with Gasteiger partial charge in [-0.05, 0) is 65.9 Å². The Hall–Kier alpha value is -4.59. The van der Waals surface area contributed by atoms with Gasteiger partial charge in [-0.25, -0.2) is 0 Å². The first-order valence-corrected chi connectivity index (χ1v) is 13.4. The predicted octanol–water partition coefficient (Wildman–Crippen LogP) is 5.73. The molecule has 0 spiro atoms. The first kappa shape index (κ1) is 29.4. The Morgan fingerprint density at radius 3 is 2.17 bits per heavy atom. The lowest BCUT2D eigenvalue weighted by Crippen LogP contribution is -2.29.